The van der Waals surface area contributed by atoms with Crippen LogP contribution in [0.1, 0.15) is 36.2 Å². The lowest BCUT2D eigenvalue weighted by molar-refractivity contribution is 0.0699. The summed E-state index contributed by atoms with van der Waals surface area (Å²) in [7, 11) is 1.67. The number of carboxylic acids is 1. The molecule has 1 unspecified atom stereocenters. The first-order chi connectivity index (χ1) is 9.19. The molecule has 1 aromatic heterocycles. The predicted octanol–water partition coefficient (Wildman–Crippen LogP) is 2.72. The van der Waals surface area contributed by atoms with Gasteiger partial charge in [-0.1, -0.05) is 19.4 Å². The Morgan fingerprint density at radius 3 is 2.95 bits per heavy atom. The molecule has 1 N–H and O–H groups in total. The third-order valence-electron chi connectivity index (χ3n) is 3.21. The van der Waals surface area contributed by atoms with E-state index in [2.05, 4.69) is 11.9 Å². The van der Waals surface area contributed by atoms with Crippen LogP contribution >= 0.6 is 0 Å². The summed E-state index contributed by atoms with van der Waals surface area (Å²) >= 11 is 0. The van der Waals surface area contributed by atoms with Crippen LogP contribution in [0.4, 0.5) is 0 Å². The molecule has 19 heavy (non-hydrogen) atoms. The van der Waals surface area contributed by atoms with Crippen molar-refractivity contribution in [3.63, 3.8) is 0 Å². The monoisotopic (exact) mass is 262 g/mol. The Kier molecular flexibility index (Phi) is 4.16. The number of methoxy groups -OCH3 is 1. The second-order valence-corrected chi connectivity index (χ2v) is 4.53. The van der Waals surface area contributed by atoms with Gasteiger partial charge < -0.3 is 14.4 Å². The first kappa shape index (κ1) is 13.5. The highest BCUT2D eigenvalue weighted by atomic mass is 16.5. The summed E-state index contributed by atoms with van der Waals surface area (Å²) < 4.78 is 7.25. The predicted molar refractivity (Wildman–Crippen MR) is 72.5 cm³/mol. The van der Waals surface area contributed by atoms with Gasteiger partial charge in [-0.2, -0.15) is 0 Å². The van der Waals surface area contributed by atoms with Gasteiger partial charge in [-0.3, -0.25) is 0 Å². The van der Waals surface area contributed by atoms with Crippen molar-refractivity contribution in [1.29, 1.82) is 0 Å². The van der Waals surface area contributed by atoms with Gasteiger partial charge in [-0.05, 0) is 18.6 Å². The highest BCUT2D eigenvalue weighted by molar-refractivity contribution is 6.00. The van der Waals surface area contributed by atoms with Crippen molar-refractivity contribution >= 4 is 17.0 Å². The summed E-state index contributed by atoms with van der Waals surface area (Å²) in [6, 6.07) is 5.41. The van der Waals surface area contributed by atoms with Crippen molar-refractivity contribution < 1.29 is 14.6 Å². The number of nitrogens with zero attached hydrogens (tertiary/aromatic N) is 2. The van der Waals surface area contributed by atoms with Crippen LogP contribution < -0.4 is 0 Å². The van der Waals surface area contributed by atoms with Gasteiger partial charge in [-0.25, -0.2) is 9.78 Å². The molecule has 0 fully saturated rings. The largest absolute Gasteiger partial charge is 0.478 e. The minimum atomic E-state index is -0.949. The van der Waals surface area contributed by atoms with Crippen LogP contribution in [0.5, 0.6) is 0 Å². The fourth-order valence-electron chi connectivity index (χ4n) is 2.35. The van der Waals surface area contributed by atoms with Gasteiger partial charge >= 0.3 is 5.97 Å². The van der Waals surface area contributed by atoms with E-state index in [1.165, 1.54) is 0 Å². The Labute approximate surface area is 111 Å². The Morgan fingerprint density at radius 1 is 1.53 bits per heavy atom. The molecule has 0 aliphatic heterocycles. The molecule has 2 rings (SSSR count). The average Bonchev–Trinajstić information content (AvgIpc) is 2.81. The van der Waals surface area contributed by atoms with Crippen molar-refractivity contribution in [2.75, 3.05) is 13.7 Å². The molecule has 102 valence electrons. The van der Waals surface area contributed by atoms with Gasteiger partial charge in [0.2, 0.25) is 0 Å². The molecule has 0 bridgehead atoms. The van der Waals surface area contributed by atoms with Gasteiger partial charge in [0, 0.05) is 7.11 Å². The number of carboxylic acid groups (broad SMARTS) is 1. The number of aromatic carboxylic acids is 1. The van der Waals surface area contributed by atoms with Crippen LogP contribution in [0.2, 0.25) is 0 Å². The first-order valence-electron chi connectivity index (χ1n) is 6.36. The van der Waals surface area contributed by atoms with Crippen LogP contribution in [0.25, 0.3) is 11.0 Å². The van der Waals surface area contributed by atoms with E-state index >= 15 is 0 Å². The van der Waals surface area contributed by atoms with Gasteiger partial charge in [0.1, 0.15) is 5.52 Å². The van der Waals surface area contributed by atoms with Gasteiger partial charge in [0.05, 0.1) is 30.1 Å². The number of rotatable bonds is 6. The number of ether oxygens (including phenoxy) is 1. The molecule has 5 nitrogen and oxygen atoms in total. The van der Waals surface area contributed by atoms with Crippen LogP contribution in [0.3, 0.4) is 0 Å². The quantitative estimate of drug-likeness (QED) is 0.869. The fraction of sp³-hybridized carbons (Fsp3) is 0.429. The van der Waals surface area contributed by atoms with E-state index in [4.69, 9.17) is 9.84 Å². The fourth-order valence-corrected chi connectivity index (χ4v) is 2.35. The summed E-state index contributed by atoms with van der Waals surface area (Å²) in [5.41, 5.74) is 1.62. The number of benzene rings is 1. The van der Waals surface area contributed by atoms with Crippen LogP contribution in [-0.4, -0.2) is 34.3 Å². The summed E-state index contributed by atoms with van der Waals surface area (Å²) in [6.45, 7) is 2.71. The average molecular weight is 262 g/mol. The molecular weight excluding hydrogens is 244 g/mol. The normalized spacial score (nSPS) is 12.7. The Bertz CT molecular complexity index is 571. The molecular formula is C14H18N2O3. The van der Waals surface area contributed by atoms with Crippen molar-refractivity contribution in [3.05, 3.63) is 30.1 Å². The molecule has 0 radical (unpaired) electrons. The molecule has 0 aliphatic carbocycles. The number of imidazole rings is 1. The maximum atomic E-state index is 11.2. The number of hydrogen-bond acceptors (Lipinski definition) is 3. The number of hydrogen-bond donors (Lipinski definition) is 1. The second kappa shape index (κ2) is 5.84. The summed E-state index contributed by atoms with van der Waals surface area (Å²) in [5.74, 6) is -0.949. The van der Waals surface area contributed by atoms with Gasteiger partial charge in [0.15, 0.2) is 0 Å². The molecule has 0 amide bonds. The molecule has 1 heterocycles. The van der Waals surface area contributed by atoms with Crippen LogP contribution in [-0.2, 0) is 4.74 Å². The third-order valence-corrected chi connectivity index (χ3v) is 3.21. The lowest BCUT2D eigenvalue weighted by Gasteiger charge is -2.17. The second-order valence-electron chi connectivity index (χ2n) is 4.53. The number of fused-ring (bicyclic) bond motifs is 1. The van der Waals surface area contributed by atoms with E-state index < -0.39 is 5.97 Å². The number of para-hydroxylation sites is 1. The first-order valence-corrected chi connectivity index (χ1v) is 6.36. The zero-order chi connectivity index (χ0) is 13.8. The van der Waals surface area contributed by atoms with Crippen molar-refractivity contribution in [2.24, 2.45) is 0 Å². The molecule has 2 aromatic rings. The van der Waals surface area contributed by atoms with E-state index in [9.17, 15) is 4.79 Å². The molecule has 1 atom stereocenters. The van der Waals surface area contributed by atoms with Crippen LogP contribution in [0.15, 0.2) is 24.5 Å². The number of carbonyl (C=O) groups is 1. The lowest BCUT2D eigenvalue weighted by Crippen LogP contribution is -2.13. The Balaban J connectivity index is 2.49. The van der Waals surface area contributed by atoms with Crippen molar-refractivity contribution in [3.8, 4) is 0 Å². The molecule has 0 saturated carbocycles. The Hall–Kier alpha value is -1.88. The van der Waals surface area contributed by atoms with E-state index in [-0.39, 0.29) is 11.6 Å². The highest BCUT2D eigenvalue weighted by Crippen LogP contribution is 2.23. The highest BCUT2D eigenvalue weighted by Gasteiger charge is 2.17. The zero-order valence-electron chi connectivity index (χ0n) is 11.2. The smallest absolute Gasteiger partial charge is 0.337 e. The SMILES string of the molecule is CCCC(COC)n1cnc2c(C(=O)O)cccc21. The number of aromatic nitrogens is 2. The zero-order valence-corrected chi connectivity index (χ0v) is 11.2. The van der Waals surface area contributed by atoms with E-state index in [0.29, 0.717) is 12.1 Å². The lowest BCUT2D eigenvalue weighted by atomic mass is 10.1. The maximum absolute atomic E-state index is 11.2. The molecule has 1 aromatic carbocycles. The molecule has 0 spiro atoms. The molecule has 0 saturated heterocycles. The minimum Gasteiger partial charge on any atom is -0.478 e. The third kappa shape index (κ3) is 2.61. The summed E-state index contributed by atoms with van der Waals surface area (Å²) in [4.78, 5) is 15.4. The summed E-state index contributed by atoms with van der Waals surface area (Å²) in [5, 5.41) is 9.16. The van der Waals surface area contributed by atoms with Crippen molar-refractivity contribution in [2.45, 2.75) is 25.8 Å². The minimum absolute atomic E-state index is 0.184. The standard InChI is InChI=1S/C14H18N2O3/c1-3-5-10(8-19-2)16-9-15-13-11(14(17)18)6-4-7-12(13)16/h4,6-7,9-10H,3,5,8H2,1-2H3,(H,17,18). The molecule has 0 aliphatic rings. The topological polar surface area (TPSA) is 64.4 Å². The van der Waals surface area contributed by atoms with Crippen molar-refractivity contribution in [1.82, 2.24) is 9.55 Å². The maximum Gasteiger partial charge on any atom is 0.337 e. The van der Waals surface area contributed by atoms with Crippen LogP contribution in [0, 0.1) is 0 Å². The van der Waals surface area contributed by atoms with E-state index in [1.54, 1.807) is 25.6 Å². The van der Waals surface area contributed by atoms with Gasteiger partial charge in [-0.15, -0.1) is 0 Å². The van der Waals surface area contributed by atoms with E-state index in [0.717, 1.165) is 18.4 Å². The molecule has 5 heteroatoms. The van der Waals surface area contributed by atoms with Gasteiger partial charge in [0.25, 0.3) is 0 Å². The summed E-state index contributed by atoms with van der Waals surface area (Å²) in [6.07, 6.45) is 3.71. The van der Waals surface area contributed by atoms with E-state index in [1.807, 2.05) is 10.6 Å². The Morgan fingerprint density at radius 2 is 2.32 bits per heavy atom.